The van der Waals surface area contributed by atoms with Crippen molar-refractivity contribution in [3.63, 3.8) is 0 Å². The Bertz CT molecular complexity index is 633. The minimum atomic E-state index is -0.470. The molecule has 0 saturated carbocycles. The van der Waals surface area contributed by atoms with Gasteiger partial charge in [-0.1, -0.05) is 11.6 Å². The Morgan fingerprint density at radius 3 is 2.94 bits per heavy atom. The smallest absolute Gasteiger partial charge is 0.342 e. The Labute approximate surface area is 131 Å². The summed E-state index contributed by atoms with van der Waals surface area (Å²) in [5, 5.41) is 1.11. The van der Waals surface area contributed by atoms with Crippen molar-refractivity contribution in [2.24, 2.45) is 0 Å². The van der Waals surface area contributed by atoms with Crippen molar-refractivity contribution in [1.82, 2.24) is 4.98 Å². The van der Waals surface area contributed by atoms with E-state index in [0.717, 1.165) is 14.5 Å². The van der Waals surface area contributed by atoms with Gasteiger partial charge in [-0.15, -0.1) is 0 Å². The SMILES string of the molecule is CCOC(=O)c1c(Br)nc2ccc(I)cc2c1Cl. The first-order chi connectivity index (χ1) is 8.54. The molecule has 0 bridgehead atoms. The molecule has 2 aromatic rings. The molecule has 0 saturated heterocycles. The molecule has 0 unspecified atom stereocenters. The van der Waals surface area contributed by atoms with E-state index in [1.54, 1.807) is 6.92 Å². The Morgan fingerprint density at radius 1 is 1.56 bits per heavy atom. The van der Waals surface area contributed by atoms with Crippen LogP contribution in [0.25, 0.3) is 10.9 Å². The maximum atomic E-state index is 11.8. The molecule has 0 aliphatic rings. The van der Waals surface area contributed by atoms with Crippen molar-refractivity contribution in [2.75, 3.05) is 6.61 Å². The quantitative estimate of drug-likeness (QED) is 0.394. The topological polar surface area (TPSA) is 39.2 Å². The lowest BCUT2D eigenvalue weighted by Crippen LogP contribution is -2.08. The van der Waals surface area contributed by atoms with Crippen molar-refractivity contribution >= 4 is 67.0 Å². The first-order valence-corrected chi connectivity index (χ1v) is 7.41. The van der Waals surface area contributed by atoms with Gasteiger partial charge in [0, 0.05) is 8.96 Å². The lowest BCUT2D eigenvalue weighted by Gasteiger charge is -2.09. The average Bonchev–Trinajstić information content (AvgIpc) is 2.31. The highest BCUT2D eigenvalue weighted by Gasteiger charge is 2.19. The summed E-state index contributed by atoms with van der Waals surface area (Å²) < 4.78 is 6.40. The first-order valence-electron chi connectivity index (χ1n) is 5.16. The molecule has 1 aromatic carbocycles. The second-order valence-corrected chi connectivity index (χ2v) is 5.85. The summed E-state index contributed by atoms with van der Waals surface area (Å²) in [7, 11) is 0. The summed E-state index contributed by atoms with van der Waals surface area (Å²) in [6.45, 7) is 2.04. The number of carbonyl (C=O) groups is 1. The van der Waals surface area contributed by atoms with Crippen LogP contribution >= 0.6 is 50.1 Å². The molecule has 1 aromatic heterocycles. The van der Waals surface area contributed by atoms with Gasteiger partial charge in [-0.25, -0.2) is 9.78 Å². The molecular weight excluding hydrogens is 432 g/mol. The number of hydrogen-bond donors (Lipinski definition) is 0. The molecule has 1 heterocycles. The Balaban J connectivity index is 2.70. The average molecular weight is 440 g/mol. The van der Waals surface area contributed by atoms with Gasteiger partial charge >= 0.3 is 5.97 Å². The number of pyridine rings is 1. The fraction of sp³-hybridized carbons (Fsp3) is 0.167. The van der Waals surface area contributed by atoms with Gasteiger partial charge in [0.25, 0.3) is 0 Å². The van der Waals surface area contributed by atoms with E-state index >= 15 is 0 Å². The van der Waals surface area contributed by atoms with Crippen LogP contribution in [0.15, 0.2) is 22.8 Å². The van der Waals surface area contributed by atoms with Crippen molar-refractivity contribution in [3.8, 4) is 0 Å². The molecule has 0 spiro atoms. The zero-order valence-electron chi connectivity index (χ0n) is 9.34. The van der Waals surface area contributed by atoms with Gasteiger partial charge in [-0.05, 0) is 63.6 Å². The van der Waals surface area contributed by atoms with Crippen LogP contribution in [0.3, 0.4) is 0 Å². The van der Waals surface area contributed by atoms with E-state index in [2.05, 4.69) is 43.5 Å². The zero-order chi connectivity index (χ0) is 13.3. The van der Waals surface area contributed by atoms with Crippen LogP contribution in [0.4, 0.5) is 0 Å². The standard InChI is InChI=1S/C12H8BrClINO2/c1-2-18-12(17)9-10(14)7-5-6(15)3-4-8(7)16-11(9)13/h3-5H,2H2,1H3. The predicted octanol–water partition coefficient (Wildman–Crippen LogP) is 4.43. The number of benzene rings is 1. The molecule has 94 valence electrons. The second-order valence-electron chi connectivity index (χ2n) is 3.47. The number of nitrogens with zero attached hydrogens (tertiary/aromatic N) is 1. The van der Waals surface area contributed by atoms with Crippen LogP contribution in [0.5, 0.6) is 0 Å². The Hall–Kier alpha value is -0.400. The third-order valence-corrected chi connectivity index (χ3v) is 3.96. The van der Waals surface area contributed by atoms with Gasteiger partial charge in [-0.2, -0.15) is 0 Å². The third kappa shape index (κ3) is 2.62. The van der Waals surface area contributed by atoms with Crippen molar-refractivity contribution in [1.29, 1.82) is 0 Å². The van der Waals surface area contributed by atoms with Gasteiger partial charge in [0.05, 0.1) is 17.1 Å². The van der Waals surface area contributed by atoms with E-state index in [-0.39, 0.29) is 5.56 Å². The van der Waals surface area contributed by atoms with Crippen molar-refractivity contribution in [2.45, 2.75) is 6.92 Å². The largest absolute Gasteiger partial charge is 0.462 e. The van der Waals surface area contributed by atoms with E-state index in [0.29, 0.717) is 16.2 Å². The summed E-state index contributed by atoms with van der Waals surface area (Å²) in [5.41, 5.74) is 1.01. The molecule has 6 heteroatoms. The summed E-state index contributed by atoms with van der Waals surface area (Å²) in [4.78, 5) is 16.1. The molecule has 0 radical (unpaired) electrons. The van der Waals surface area contributed by atoms with Crippen LogP contribution in [0.2, 0.25) is 5.02 Å². The Morgan fingerprint density at radius 2 is 2.28 bits per heavy atom. The number of ether oxygens (including phenoxy) is 1. The van der Waals surface area contributed by atoms with Gasteiger partial charge in [0.2, 0.25) is 0 Å². The molecule has 2 rings (SSSR count). The van der Waals surface area contributed by atoms with E-state index in [9.17, 15) is 4.79 Å². The minimum Gasteiger partial charge on any atom is -0.462 e. The minimum absolute atomic E-state index is 0.271. The fourth-order valence-corrected chi connectivity index (χ4v) is 3.02. The number of rotatable bonds is 2. The second kappa shape index (κ2) is 5.71. The van der Waals surface area contributed by atoms with Crippen LogP contribution in [0, 0.1) is 3.57 Å². The summed E-state index contributed by atoms with van der Waals surface area (Å²) in [6.07, 6.45) is 0. The van der Waals surface area contributed by atoms with Crippen molar-refractivity contribution < 1.29 is 9.53 Å². The van der Waals surface area contributed by atoms with Gasteiger partial charge in [0.1, 0.15) is 10.2 Å². The highest BCUT2D eigenvalue weighted by Crippen LogP contribution is 2.32. The fourth-order valence-electron chi connectivity index (χ4n) is 1.55. The lowest BCUT2D eigenvalue weighted by molar-refractivity contribution is 0.0525. The molecule has 0 aliphatic carbocycles. The maximum Gasteiger partial charge on any atom is 0.342 e. The molecule has 0 fully saturated rings. The van der Waals surface area contributed by atoms with Gasteiger partial charge in [0.15, 0.2) is 0 Å². The summed E-state index contributed by atoms with van der Waals surface area (Å²) >= 11 is 11.7. The van der Waals surface area contributed by atoms with E-state index in [1.165, 1.54) is 0 Å². The summed E-state index contributed by atoms with van der Waals surface area (Å²) in [6, 6.07) is 5.69. The van der Waals surface area contributed by atoms with Crippen LogP contribution in [-0.2, 0) is 4.74 Å². The van der Waals surface area contributed by atoms with Crippen LogP contribution in [-0.4, -0.2) is 17.6 Å². The predicted molar refractivity (Wildman–Crippen MR) is 83.1 cm³/mol. The number of hydrogen-bond acceptors (Lipinski definition) is 3. The van der Waals surface area contributed by atoms with E-state index < -0.39 is 5.97 Å². The number of aromatic nitrogens is 1. The van der Waals surface area contributed by atoms with Gasteiger partial charge in [-0.3, -0.25) is 0 Å². The normalized spacial score (nSPS) is 10.7. The molecule has 0 aliphatic heterocycles. The third-order valence-electron chi connectivity index (χ3n) is 2.32. The zero-order valence-corrected chi connectivity index (χ0v) is 13.8. The molecule has 18 heavy (non-hydrogen) atoms. The molecule has 0 atom stereocenters. The van der Waals surface area contributed by atoms with Gasteiger partial charge < -0.3 is 4.74 Å². The Kier molecular flexibility index (Phi) is 4.45. The van der Waals surface area contributed by atoms with Crippen LogP contribution < -0.4 is 0 Å². The number of halogens is 3. The van der Waals surface area contributed by atoms with E-state index in [4.69, 9.17) is 16.3 Å². The lowest BCUT2D eigenvalue weighted by atomic mass is 10.1. The van der Waals surface area contributed by atoms with Crippen molar-refractivity contribution in [3.05, 3.63) is 37.0 Å². The van der Waals surface area contributed by atoms with E-state index in [1.807, 2.05) is 18.2 Å². The summed E-state index contributed by atoms with van der Waals surface area (Å²) in [5.74, 6) is -0.470. The molecule has 3 nitrogen and oxygen atoms in total. The number of esters is 1. The molecule has 0 N–H and O–H groups in total. The highest BCUT2D eigenvalue weighted by molar-refractivity contribution is 14.1. The molecular formula is C12H8BrClINO2. The maximum absolute atomic E-state index is 11.8. The highest BCUT2D eigenvalue weighted by atomic mass is 127. The number of carbonyl (C=O) groups excluding carboxylic acids is 1. The van der Waals surface area contributed by atoms with Crippen LogP contribution in [0.1, 0.15) is 17.3 Å². The molecule has 0 amide bonds. The first kappa shape index (κ1) is 14.0. The monoisotopic (exact) mass is 439 g/mol. The number of fused-ring (bicyclic) bond motifs is 1.